The van der Waals surface area contributed by atoms with E-state index in [0.717, 1.165) is 6.92 Å². The number of amides is 1. The highest BCUT2D eigenvalue weighted by Gasteiger charge is 2.38. The van der Waals surface area contributed by atoms with Crippen molar-refractivity contribution >= 4 is 29.1 Å². The standard InChI is InChI=1S/C25H25ClF3N5O4/c1-15(25(27,28)29)38-20-8-6-18(7-9-20)31-24-33-32-21(22(35)30-19-10-12-37-13-11-19)23(36)34(24)14-16-2-4-17(26)5-3-16/h2-9,15,19H,10-14H2,1H3,(H,30,35)(H,31,33)/t15-/m1/s1. The van der Waals surface area contributed by atoms with E-state index in [9.17, 15) is 22.8 Å². The molecule has 1 fully saturated rings. The van der Waals surface area contributed by atoms with Crippen molar-refractivity contribution in [3.05, 3.63) is 75.2 Å². The minimum atomic E-state index is -4.50. The molecule has 2 N–H and O–H groups in total. The van der Waals surface area contributed by atoms with Gasteiger partial charge in [0.2, 0.25) is 11.6 Å². The highest BCUT2D eigenvalue weighted by Crippen LogP contribution is 2.26. The molecule has 1 aliphatic heterocycles. The van der Waals surface area contributed by atoms with Gasteiger partial charge in [0.15, 0.2) is 6.10 Å². The van der Waals surface area contributed by atoms with E-state index in [2.05, 4.69) is 20.8 Å². The summed E-state index contributed by atoms with van der Waals surface area (Å²) in [6, 6.07) is 12.3. The Bertz CT molecular complexity index is 1310. The summed E-state index contributed by atoms with van der Waals surface area (Å²) in [5, 5.41) is 14.2. The van der Waals surface area contributed by atoms with Crippen LogP contribution in [-0.4, -0.2) is 52.2 Å². The molecule has 4 rings (SSSR count). The van der Waals surface area contributed by atoms with Crippen molar-refractivity contribution in [2.24, 2.45) is 0 Å². The number of nitrogens with one attached hydrogen (secondary N) is 2. The number of carbonyl (C=O) groups is 1. The molecule has 9 nitrogen and oxygen atoms in total. The maximum Gasteiger partial charge on any atom is 0.425 e. The normalized spacial score (nSPS) is 15.1. The molecule has 1 aromatic heterocycles. The molecule has 38 heavy (non-hydrogen) atoms. The molecular weight excluding hydrogens is 527 g/mol. The van der Waals surface area contributed by atoms with E-state index in [4.69, 9.17) is 21.1 Å². The Labute approximate surface area is 220 Å². The van der Waals surface area contributed by atoms with Crippen molar-refractivity contribution in [1.29, 1.82) is 0 Å². The summed E-state index contributed by atoms with van der Waals surface area (Å²) in [6.45, 7) is 1.99. The number of ether oxygens (including phenoxy) is 2. The van der Waals surface area contributed by atoms with Crippen LogP contribution in [0.2, 0.25) is 5.02 Å². The van der Waals surface area contributed by atoms with Crippen molar-refractivity contribution in [3.8, 4) is 5.75 Å². The van der Waals surface area contributed by atoms with Gasteiger partial charge in [0.1, 0.15) is 5.75 Å². The lowest BCUT2D eigenvalue weighted by molar-refractivity contribution is -0.189. The molecule has 0 aliphatic carbocycles. The van der Waals surface area contributed by atoms with Gasteiger partial charge in [-0.1, -0.05) is 23.7 Å². The Morgan fingerprint density at radius 3 is 2.42 bits per heavy atom. The van der Waals surface area contributed by atoms with Crippen LogP contribution >= 0.6 is 11.6 Å². The molecule has 2 aromatic carbocycles. The lowest BCUT2D eigenvalue weighted by atomic mass is 10.1. The van der Waals surface area contributed by atoms with Crippen LogP contribution in [-0.2, 0) is 11.3 Å². The molecule has 3 aromatic rings. The van der Waals surface area contributed by atoms with Gasteiger partial charge in [-0.3, -0.25) is 14.2 Å². The first-order valence-corrected chi connectivity index (χ1v) is 12.2. The number of anilines is 2. The first-order valence-electron chi connectivity index (χ1n) is 11.8. The quantitative estimate of drug-likeness (QED) is 0.429. The van der Waals surface area contributed by atoms with Crippen LogP contribution in [0.1, 0.15) is 35.8 Å². The maximum absolute atomic E-state index is 13.4. The third kappa shape index (κ3) is 7.01. The fraction of sp³-hybridized carbons (Fsp3) is 0.360. The van der Waals surface area contributed by atoms with Crippen molar-refractivity contribution < 1.29 is 27.4 Å². The molecule has 0 spiro atoms. The third-order valence-electron chi connectivity index (χ3n) is 5.86. The lowest BCUT2D eigenvalue weighted by Gasteiger charge is -2.23. The highest BCUT2D eigenvalue weighted by molar-refractivity contribution is 6.30. The Kier molecular flexibility index (Phi) is 8.52. The molecule has 1 saturated heterocycles. The van der Waals surface area contributed by atoms with Gasteiger partial charge in [0.05, 0.1) is 6.54 Å². The number of hydrogen-bond donors (Lipinski definition) is 2. The molecule has 1 aliphatic rings. The zero-order chi connectivity index (χ0) is 27.3. The largest absolute Gasteiger partial charge is 0.481 e. The van der Waals surface area contributed by atoms with Crippen molar-refractivity contribution in [2.75, 3.05) is 18.5 Å². The summed E-state index contributed by atoms with van der Waals surface area (Å²) in [7, 11) is 0. The van der Waals surface area contributed by atoms with Crippen LogP contribution in [0.25, 0.3) is 0 Å². The smallest absolute Gasteiger partial charge is 0.425 e. The maximum atomic E-state index is 13.4. The fourth-order valence-corrected chi connectivity index (χ4v) is 3.81. The number of nitrogens with zero attached hydrogens (tertiary/aromatic N) is 3. The predicted molar refractivity (Wildman–Crippen MR) is 134 cm³/mol. The van der Waals surface area contributed by atoms with Crippen molar-refractivity contribution in [2.45, 2.75) is 44.6 Å². The Hall–Kier alpha value is -3.64. The SMILES string of the molecule is C[C@@H](Oc1ccc(Nc2nnc(C(=O)NC3CCOCC3)c(=O)n2Cc2ccc(Cl)cc2)cc1)C(F)(F)F. The molecule has 0 unspecified atom stereocenters. The first kappa shape index (κ1) is 27.4. The zero-order valence-corrected chi connectivity index (χ0v) is 21.1. The topological polar surface area (TPSA) is 107 Å². The van der Waals surface area contributed by atoms with Gasteiger partial charge in [0.25, 0.3) is 11.5 Å². The molecule has 202 valence electrons. The van der Waals surface area contributed by atoms with Gasteiger partial charge in [-0.15, -0.1) is 10.2 Å². The van der Waals surface area contributed by atoms with Crippen LogP contribution in [0.4, 0.5) is 24.8 Å². The predicted octanol–water partition coefficient (Wildman–Crippen LogP) is 4.32. The van der Waals surface area contributed by atoms with Gasteiger partial charge in [0, 0.05) is 30.0 Å². The summed E-state index contributed by atoms with van der Waals surface area (Å²) in [4.78, 5) is 26.2. The Balaban J connectivity index is 1.59. The molecule has 2 heterocycles. The molecule has 0 bridgehead atoms. The molecule has 1 amide bonds. The fourth-order valence-electron chi connectivity index (χ4n) is 3.68. The van der Waals surface area contributed by atoms with E-state index in [0.29, 0.717) is 42.3 Å². The third-order valence-corrected chi connectivity index (χ3v) is 6.11. The van der Waals surface area contributed by atoms with Crippen molar-refractivity contribution in [1.82, 2.24) is 20.1 Å². The van der Waals surface area contributed by atoms with Gasteiger partial charge in [-0.2, -0.15) is 13.2 Å². The van der Waals surface area contributed by atoms with Gasteiger partial charge in [-0.05, 0) is 61.7 Å². The molecule has 0 saturated carbocycles. The van der Waals surface area contributed by atoms with Gasteiger partial charge >= 0.3 is 6.18 Å². The van der Waals surface area contributed by atoms with Crippen molar-refractivity contribution in [3.63, 3.8) is 0 Å². The number of rotatable bonds is 8. The molecule has 0 radical (unpaired) electrons. The minimum Gasteiger partial charge on any atom is -0.481 e. The van der Waals surface area contributed by atoms with Crippen LogP contribution < -0.4 is 20.9 Å². The first-order chi connectivity index (χ1) is 18.1. The summed E-state index contributed by atoms with van der Waals surface area (Å²) >= 11 is 5.98. The Morgan fingerprint density at radius 1 is 1.13 bits per heavy atom. The summed E-state index contributed by atoms with van der Waals surface area (Å²) in [5.41, 5.74) is 0.102. The second-order valence-electron chi connectivity index (χ2n) is 8.70. The minimum absolute atomic E-state index is 0.0187. The van der Waals surface area contributed by atoms with E-state index in [-0.39, 0.29) is 30.0 Å². The van der Waals surface area contributed by atoms with Crippen LogP contribution in [0.15, 0.2) is 53.3 Å². The summed E-state index contributed by atoms with van der Waals surface area (Å²) in [5.74, 6) is -0.582. The number of benzene rings is 2. The van der Waals surface area contributed by atoms with Crippen LogP contribution in [0.5, 0.6) is 5.75 Å². The molecule has 13 heteroatoms. The summed E-state index contributed by atoms with van der Waals surface area (Å²) < 4.78 is 49.8. The highest BCUT2D eigenvalue weighted by atomic mass is 35.5. The number of halogens is 4. The van der Waals surface area contributed by atoms with Crippen LogP contribution in [0.3, 0.4) is 0 Å². The zero-order valence-electron chi connectivity index (χ0n) is 20.3. The average molecular weight is 552 g/mol. The van der Waals surface area contributed by atoms with E-state index in [1.165, 1.54) is 28.8 Å². The van der Waals surface area contributed by atoms with E-state index < -0.39 is 23.7 Å². The second kappa shape index (κ2) is 11.8. The number of aromatic nitrogens is 3. The van der Waals surface area contributed by atoms with E-state index >= 15 is 0 Å². The number of carbonyl (C=O) groups excluding carboxylic acids is 1. The summed E-state index contributed by atoms with van der Waals surface area (Å²) in [6.07, 6.45) is -5.22. The van der Waals surface area contributed by atoms with Crippen LogP contribution in [0, 0.1) is 0 Å². The number of hydrogen-bond acceptors (Lipinski definition) is 7. The van der Waals surface area contributed by atoms with E-state index in [1.54, 1.807) is 24.3 Å². The molecular formula is C25H25ClF3N5O4. The second-order valence-corrected chi connectivity index (χ2v) is 9.14. The van der Waals surface area contributed by atoms with E-state index in [1.807, 2.05) is 0 Å². The van der Waals surface area contributed by atoms with Gasteiger partial charge < -0.3 is 20.1 Å². The monoisotopic (exact) mass is 551 g/mol. The Morgan fingerprint density at radius 2 is 1.79 bits per heavy atom. The average Bonchev–Trinajstić information content (AvgIpc) is 2.88. The van der Waals surface area contributed by atoms with Gasteiger partial charge in [-0.25, -0.2) is 0 Å². The number of alkyl halides is 3. The molecule has 1 atom stereocenters. The lowest BCUT2D eigenvalue weighted by Crippen LogP contribution is -2.43.